The largest absolute Gasteiger partial charge is 0.438 e. The van der Waals surface area contributed by atoms with E-state index in [9.17, 15) is 5.21 Å². The molecule has 0 amide bonds. The normalized spacial score (nSPS) is 11.8. The SMILES string of the molecule is Cc1ccc(/C(=N/O)n2ccnc2)c(Oc2cccc(C(C)C)c2)n1. The number of rotatable bonds is 4. The van der Waals surface area contributed by atoms with E-state index in [0.717, 1.165) is 5.69 Å². The maximum absolute atomic E-state index is 9.48. The van der Waals surface area contributed by atoms with Crippen LogP contribution in [0.2, 0.25) is 0 Å². The van der Waals surface area contributed by atoms with Gasteiger partial charge in [0.05, 0.1) is 5.56 Å². The molecular formula is C19H20N4O2. The molecule has 0 aliphatic carbocycles. The van der Waals surface area contributed by atoms with Gasteiger partial charge in [-0.15, -0.1) is 0 Å². The molecule has 1 aromatic carbocycles. The van der Waals surface area contributed by atoms with E-state index in [1.807, 2.05) is 37.3 Å². The van der Waals surface area contributed by atoms with E-state index < -0.39 is 0 Å². The first kappa shape index (κ1) is 16.7. The van der Waals surface area contributed by atoms with E-state index in [1.54, 1.807) is 23.3 Å². The van der Waals surface area contributed by atoms with Crippen LogP contribution in [-0.2, 0) is 0 Å². The Bertz CT molecular complexity index is 886. The van der Waals surface area contributed by atoms with Crippen LogP contribution in [0.3, 0.4) is 0 Å². The van der Waals surface area contributed by atoms with Crippen molar-refractivity contribution < 1.29 is 9.94 Å². The van der Waals surface area contributed by atoms with Crippen molar-refractivity contribution in [3.63, 3.8) is 0 Å². The molecule has 0 fully saturated rings. The van der Waals surface area contributed by atoms with E-state index in [-0.39, 0.29) is 0 Å². The molecule has 2 aromatic heterocycles. The third-order valence-corrected chi connectivity index (χ3v) is 3.82. The molecule has 0 bridgehead atoms. The van der Waals surface area contributed by atoms with E-state index >= 15 is 0 Å². The second-order valence-corrected chi connectivity index (χ2v) is 6.03. The van der Waals surface area contributed by atoms with Crippen molar-refractivity contribution in [3.05, 3.63) is 71.9 Å². The molecule has 0 unspecified atom stereocenters. The van der Waals surface area contributed by atoms with Crippen molar-refractivity contribution in [2.45, 2.75) is 26.7 Å². The number of hydrogen-bond acceptors (Lipinski definition) is 5. The fourth-order valence-corrected chi connectivity index (χ4v) is 2.46. The zero-order valence-corrected chi connectivity index (χ0v) is 14.4. The Labute approximate surface area is 146 Å². The number of imidazole rings is 1. The summed E-state index contributed by atoms with van der Waals surface area (Å²) in [5.74, 6) is 1.75. The highest BCUT2D eigenvalue weighted by atomic mass is 16.5. The lowest BCUT2D eigenvalue weighted by Crippen LogP contribution is -2.14. The minimum atomic E-state index is 0.292. The highest BCUT2D eigenvalue weighted by Gasteiger charge is 2.16. The molecule has 6 heteroatoms. The molecule has 6 nitrogen and oxygen atoms in total. The molecule has 128 valence electrons. The number of nitrogens with zero attached hydrogens (tertiary/aromatic N) is 4. The maximum Gasteiger partial charge on any atom is 0.230 e. The fourth-order valence-electron chi connectivity index (χ4n) is 2.46. The fraction of sp³-hybridized carbons (Fsp3) is 0.211. The lowest BCUT2D eigenvalue weighted by molar-refractivity contribution is 0.317. The molecule has 3 rings (SSSR count). The van der Waals surface area contributed by atoms with Gasteiger partial charge in [0, 0.05) is 18.1 Å². The van der Waals surface area contributed by atoms with Crippen LogP contribution in [0.4, 0.5) is 0 Å². The predicted molar refractivity (Wildman–Crippen MR) is 95.5 cm³/mol. The minimum absolute atomic E-state index is 0.292. The lowest BCUT2D eigenvalue weighted by Gasteiger charge is -2.13. The average molecular weight is 336 g/mol. The summed E-state index contributed by atoms with van der Waals surface area (Å²) in [6, 6.07) is 11.6. The molecule has 0 saturated carbocycles. The number of pyridine rings is 1. The average Bonchev–Trinajstić information content (AvgIpc) is 3.12. The van der Waals surface area contributed by atoms with Gasteiger partial charge in [0.25, 0.3) is 0 Å². The first-order valence-corrected chi connectivity index (χ1v) is 8.04. The van der Waals surface area contributed by atoms with Crippen molar-refractivity contribution in [3.8, 4) is 11.6 Å². The molecule has 0 aliphatic rings. The summed E-state index contributed by atoms with van der Waals surface area (Å²) in [5, 5.41) is 12.9. The summed E-state index contributed by atoms with van der Waals surface area (Å²) < 4.78 is 7.63. The van der Waals surface area contributed by atoms with Crippen molar-refractivity contribution in [2.24, 2.45) is 5.16 Å². The molecular weight excluding hydrogens is 316 g/mol. The van der Waals surface area contributed by atoms with E-state index in [2.05, 4.69) is 35.0 Å². The number of oxime groups is 1. The van der Waals surface area contributed by atoms with E-state index in [4.69, 9.17) is 4.74 Å². The lowest BCUT2D eigenvalue weighted by atomic mass is 10.0. The van der Waals surface area contributed by atoms with Gasteiger partial charge < -0.3 is 9.94 Å². The highest BCUT2D eigenvalue weighted by Crippen LogP contribution is 2.27. The molecule has 2 heterocycles. The standard InChI is InChI=1S/C19H20N4O2/c1-13(2)15-5-4-6-16(11-15)25-19-17(8-7-14(3)21-19)18(22-24)23-10-9-20-12-23/h4-13,24H,1-3H3/b22-18-. The molecule has 0 aliphatic heterocycles. The van der Waals surface area contributed by atoms with Gasteiger partial charge in [-0.2, -0.15) is 0 Å². The van der Waals surface area contributed by atoms with Crippen LogP contribution in [0.15, 0.2) is 60.3 Å². The number of aryl methyl sites for hydroxylation is 1. The quantitative estimate of drug-likeness (QED) is 0.336. The number of benzene rings is 1. The second-order valence-electron chi connectivity index (χ2n) is 6.03. The smallest absolute Gasteiger partial charge is 0.230 e. The summed E-state index contributed by atoms with van der Waals surface area (Å²) in [7, 11) is 0. The van der Waals surface area contributed by atoms with Gasteiger partial charge in [-0.05, 0) is 42.7 Å². The Hall–Kier alpha value is -3.15. The third-order valence-electron chi connectivity index (χ3n) is 3.82. The minimum Gasteiger partial charge on any atom is -0.438 e. The zero-order valence-electron chi connectivity index (χ0n) is 14.4. The first-order chi connectivity index (χ1) is 12.1. The Morgan fingerprint density at radius 3 is 2.76 bits per heavy atom. The number of aromatic nitrogens is 3. The van der Waals surface area contributed by atoms with Gasteiger partial charge in [-0.3, -0.25) is 4.57 Å². The van der Waals surface area contributed by atoms with E-state index in [0.29, 0.717) is 28.9 Å². The highest BCUT2D eigenvalue weighted by molar-refractivity contribution is 6.01. The van der Waals surface area contributed by atoms with Gasteiger partial charge in [-0.1, -0.05) is 31.1 Å². The number of hydrogen-bond donors (Lipinski definition) is 1. The van der Waals surface area contributed by atoms with Gasteiger partial charge in [0.15, 0.2) is 5.84 Å². The topological polar surface area (TPSA) is 72.5 Å². The molecule has 3 aromatic rings. The Kier molecular flexibility index (Phi) is 4.79. The first-order valence-electron chi connectivity index (χ1n) is 8.04. The molecule has 0 spiro atoms. The van der Waals surface area contributed by atoms with Crippen LogP contribution in [0.1, 0.15) is 36.6 Å². The zero-order chi connectivity index (χ0) is 17.8. The van der Waals surface area contributed by atoms with Crippen LogP contribution in [0.5, 0.6) is 11.6 Å². The molecule has 25 heavy (non-hydrogen) atoms. The Balaban J connectivity index is 2.02. The monoisotopic (exact) mass is 336 g/mol. The van der Waals surface area contributed by atoms with Gasteiger partial charge in [0.1, 0.15) is 12.1 Å². The van der Waals surface area contributed by atoms with Crippen LogP contribution in [0.25, 0.3) is 0 Å². The van der Waals surface area contributed by atoms with Gasteiger partial charge in [0.2, 0.25) is 5.88 Å². The second kappa shape index (κ2) is 7.17. The van der Waals surface area contributed by atoms with Gasteiger partial charge >= 0.3 is 0 Å². The van der Waals surface area contributed by atoms with Crippen molar-refractivity contribution in [1.82, 2.24) is 14.5 Å². The summed E-state index contributed by atoms with van der Waals surface area (Å²) >= 11 is 0. The summed E-state index contributed by atoms with van der Waals surface area (Å²) in [5.41, 5.74) is 2.56. The summed E-state index contributed by atoms with van der Waals surface area (Å²) in [6.07, 6.45) is 4.86. The molecule has 0 atom stereocenters. The molecule has 0 saturated heterocycles. The Morgan fingerprint density at radius 2 is 2.08 bits per heavy atom. The third kappa shape index (κ3) is 3.68. The van der Waals surface area contributed by atoms with E-state index in [1.165, 1.54) is 5.56 Å². The number of ether oxygens (including phenoxy) is 1. The van der Waals surface area contributed by atoms with Gasteiger partial charge in [-0.25, -0.2) is 9.97 Å². The molecule has 1 N–H and O–H groups in total. The predicted octanol–water partition coefficient (Wildman–Crippen LogP) is 4.19. The van der Waals surface area contributed by atoms with Crippen molar-refractivity contribution in [2.75, 3.05) is 0 Å². The van der Waals surface area contributed by atoms with Crippen LogP contribution >= 0.6 is 0 Å². The maximum atomic E-state index is 9.48. The van der Waals surface area contributed by atoms with Crippen molar-refractivity contribution >= 4 is 5.84 Å². The van der Waals surface area contributed by atoms with Crippen LogP contribution in [-0.4, -0.2) is 25.6 Å². The Morgan fingerprint density at radius 1 is 1.24 bits per heavy atom. The van der Waals surface area contributed by atoms with Crippen LogP contribution in [0, 0.1) is 6.92 Å². The van der Waals surface area contributed by atoms with Crippen molar-refractivity contribution in [1.29, 1.82) is 0 Å². The van der Waals surface area contributed by atoms with Crippen LogP contribution < -0.4 is 4.74 Å². The summed E-state index contributed by atoms with van der Waals surface area (Å²) in [4.78, 5) is 8.46. The molecule has 0 radical (unpaired) electrons. The summed E-state index contributed by atoms with van der Waals surface area (Å²) in [6.45, 7) is 6.14.